The molecule has 7 heteroatoms. The number of rotatable bonds is 4. The molecule has 2 rings (SSSR count). The van der Waals surface area contributed by atoms with Gasteiger partial charge in [0.2, 0.25) is 10.0 Å². The third-order valence-electron chi connectivity index (χ3n) is 2.85. The molecule has 0 spiro atoms. The van der Waals surface area contributed by atoms with Gasteiger partial charge in [0, 0.05) is 11.1 Å². The molecule has 0 aliphatic heterocycles. The van der Waals surface area contributed by atoms with Gasteiger partial charge in [-0.05, 0) is 45.0 Å². The lowest BCUT2D eigenvalue weighted by Gasteiger charge is -2.20. The molecule has 0 saturated heterocycles. The Bertz CT molecular complexity index is 839. The molecule has 0 radical (unpaired) electrons. The predicted molar refractivity (Wildman–Crippen MR) is 86.7 cm³/mol. The molecule has 1 aromatic heterocycles. The molecule has 23 heavy (non-hydrogen) atoms. The number of nitrogens with one attached hydrogen (secondary N) is 1. The van der Waals surface area contributed by atoms with Crippen LogP contribution in [-0.2, 0) is 10.0 Å². The van der Waals surface area contributed by atoms with Crippen molar-refractivity contribution in [3.05, 3.63) is 48.2 Å². The van der Waals surface area contributed by atoms with Gasteiger partial charge in [0.25, 0.3) is 0 Å². The molecule has 2 aromatic rings. The van der Waals surface area contributed by atoms with Crippen molar-refractivity contribution in [1.29, 1.82) is 0 Å². The van der Waals surface area contributed by atoms with E-state index in [1.807, 2.05) is 0 Å². The number of aromatic nitrogens is 1. The summed E-state index contributed by atoms with van der Waals surface area (Å²) in [7, 11) is -3.67. The molecule has 0 amide bonds. The van der Waals surface area contributed by atoms with Crippen LogP contribution in [0.3, 0.4) is 0 Å². The van der Waals surface area contributed by atoms with Gasteiger partial charge in [-0.3, -0.25) is 0 Å². The normalized spacial score (nSPS) is 12.1. The number of carbonyl (C=O) groups is 1. The Kier molecular flexibility index (Phi) is 4.53. The van der Waals surface area contributed by atoms with E-state index in [1.54, 1.807) is 45.0 Å². The van der Waals surface area contributed by atoms with Gasteiger partial charge in [-0.25, -0.2) is 22.9 Å². The second-order valence-corrected chi connectivity index (χ2v) is 7.78. The van der Waals surface area contributed by atoms with E-state index in [9.17, 15) is 13.2 Å². The van der Waals surface area contributed by atoms with Gasteiger partial charge in [-0.15, -0.1) is 0 Å². The third kappa shape index (κ3) is 4.37. The fourth-order valence-electron chi connectivity index (χ4n) is 2.00. The van der Waals surface area contributed by atoms with Gasteiger partial charge in [-0.1, -0.05) is 18.2 Å². The van der Waals surface area contributed by atoms with E-state index in [0.29, 0.717) is 11.3 Å². The molecule has 0 atom stereocenters. The van der Waals surface area contributed by atoms with Crippen LogP contribution >= 0.6 is 0 Å². The van der Waals surface area contributed by atoms with E-state index < -0.39 is 21.5 Å². The smallest absolute Gasteiger partial charge is 0.354 e. The first kappa shape index (κ1) is 17.1. The van der Waals surface area contributed by atoms with Gasteiger partial charge in [0.05, 0.1) is 10.6 Å². The van der Waals surface area contributed by atoms with E-state index >= 15 is 0 Å². The molecule has 1 heterocycles. The molecule has 1 aromatic carbocycles. The number of benzene rings is 1. The van der Waals surface area contributed by atoms with Crippen molar-refractivity contribution >= 4 is 16.0 Å². The van der Waals surface area contributed by atoms with Gasteiger partial charge >= 0.3 is 5.97 Å². The molecule has 0 bridgehead atoms. The Morgan fingerprint density at radius 1 is 1.13 bits per heavy atom. The second kappa shape index (κ2) is 6.10. The zero-order valence-electron chi connectivity index (χ0n) is 13.1. The first-order valence-electron chi connectivity index (χ1n) is 6.93. The monoisotopic (exact) mass is 334 g/mol. The number of aromatic carboxylic acids is 1. The number of pyridine rings is 1. The van der Waals surface area contributed by atoms with Crippen LogP contribution < -0.4 is 4.72 Å². The summed E-state index contributed by atoms with van der Waals surface area (Å²) in [5, 5.41) is 9.00. The van der Waals surface area contributed by atoms with Crippen LogP contribution in [0.25, 0.3) is 11.3 Å². The van der Waals surface area contributed by atoms with Crippen molar-refractivity contribution in [1.82, 2.24) is 9.71 Å². The Morgan fingerprint density at radius 3 is 2.39 bits per heavy atom. The fraction of sp³-hybridized carbons (Fsp3) is 0.250. The zero-order chi connectivity index (χ0) is 17.3. The van der Waals surface area contributed by atoms with Gasteiger partial charge in [0.15, 0.2) is 0 Å². The van der Waals surface area contributed by atoms with Gasteiger partial charge < -0.3 is 5.11 Å². The summed E-state index contributed by atoms with van der Waals surface area (Å²) in [5.74, 6) is -1.13. The van der Waals surface area contributed by atoms with Crippen LogP contribution in [0.2, 0.25) is 0 Å². The van der Waals surface area contributed by atoms with Crippen LogP contribution in [0.1, 0.15) is 31.3 Å². The zero-order valence-corrected chi connectivity index (χ0v) is 13.9. The molecule has 0 unspecified atom stereocenters. The molecule has 122 valence electrons. The largest absolute Gasteiger partial charge is 0.477 e. The molecule has 0 fully saturated rings. The van der Waals surface area contributed by atoms with Crippen LogP contribution in [0.4, 0.5) is 0 Å². The number of carboxylic acids is 1. The average Bonchev–Trinajstić information content (AvgIpc) is 2.45. The predicted octanol–water partition coefficient (Wildman–Crippen LogP) is 2.52. The highest BCUT2D eigenvalue weighted by molar-refractivity contribution is 7.89. The third-order valence-corrected chi connectivity index (χ3v) is 4.60. The van der Waals surface area contributed by atoms with E-state index in [2.05, 4.69) is 9.71 Å². The Balaban J connectivity index is 2.45. The standard InChI is InChI=1S/C16H18N2O4S/c1-16(2,3)18-23(21,22)12-7-4-6-11(10-12)13-8-5-9-14(17-13)15(19)20/h4-10,18H,1-3H3,(H,19,20). The Labute approximate surface area is 135 Å². The maximum Gasteiger partial charge on any atom is 0.354 e. The molecule has 0 saturated carbocycles. The number of nitrogens with zero attached hydrogens (tertiary/aromatic N) is 1. The minimum Gasteiger partial charge on any atom is -0.477 e. The highest BCUT2D eigenvalue weighted by atomic mass is 32.2. The number of hydrogen-bond acceptors (Lipinski definition) is 4. The lowest BCUT2D eigenvalue weighted by Crippen LogP contribution is -2.40. The van der Waals surface area contributed by atoms with Crippen LogP contribution in [0, 0.1) is 0 Å². The second-order valence-electron chi connectivity index (χ2n) is 6.10. The number of carboxylic acid groups (broad SMARTS) is 1. The summed E-state index contributed by atoms with van der Waals surface area (Å²) in [6, 6.07) is 10.8. The van der Waals surface area contributed by atoms with Crippen LogP contribution in [0.15, 0.2) is 47.4 Å². The SMILES string of the molecule is CC(C)(C)NS(=O)(=O)c1cccc(-c2cccc(C(=O)O)n2)c1. The van der Waals surface area contributed by atoms with Crippen molar-refractivity contribution in [2.75, 3.05) is 0 Å². The van der Waals surface area contributed by atoms with Gasteiger partial charge in [-0.2, -0.15) is 0 Å². The lowest BCUT2D eigenvalue weighted by atomic mass is 10.1. The molecular weight excluding hydrogens is 316 g/mol. The summed E-state index contributed by atoms with van der Waals surface area (Å²) in [6.45, 7) is 5.27. The molecule has 0 aliphatic carbocycles. The highest BCUT2D eigenvalue weighted by Crippen LogP contribution is 2.22. The highest BCUT2D eigenvalue weighted by Gasteiger charge is 2.22. The molecule has 2 N–H and O–H groups in total. The van der Waals surface area contributed by atoms with E-state index in [-0.39, 0.29) is 10.6 Å². The van der Waals surface area contributed by atoms with Crippen LogP contribution in [0.5, 0.6) is 0 Å². The molecular formula is C16H18N2O4S. The number of hydrogen-bond donors (Lipinski definition) is 2. The molecule has 6 nitrogen and oxygen atoms in total. The quantitative estimate of drug-likeness (QED) is 0.895. The minimum atomic E-state index is -3.67. The summed E-state index contributed by atoms with van der Waals surface area (Å²) in [6.07, 6.45) is 0. The van der Waals surface area contributed by atoms with Crippen molar-refractivity contribution in [3.63, 3.8) is 0 Å². The summed E-state index contributed by atoms with van der Waals surface area (Å²) in [4.78, 5) is 15.1. The summed E-state index contributed by atoms with van der Waals surface area (Å²) < 4.78 is 27.3. The first-order valence-corrected chi connectivity index (χ1v) is 8.42. The lowest BCUT2D eigenvalue weighted by molar-refractivity contribution is 0.0690. The maximum absolute atomic E-state index is 12.4. The Morgan fingerprint density at radius 2 is 1.78 bits per heavy atom. The fourth-order valence-corrected chi connectivity index (χ4v) is 3.46. The van der Waals surface area contributed by atoms with Crippen molar-refractivity contribution in [2.24, 2.45) is 0 Å². The number of sulfonamides is 1. The Hall–Kier alpha value is -2.25. The van der Waals surface area contributed by atoms with Crippen LogP contribution in [-0.4, -0.2) is 30.0 Å². The average molecular weight is 334 g/mol. The van der Waals surface area contributed by atoms with E-state index in [0.717, 1.165) is 0 Å². The van der Waals surface area contributed by atoms with E-state index in [1.165, 1.54) is 18.2 Å². The summed E-state index contributed by atoms with van der Waals surface area (Å²) in [5.41, 5.74) is 0.238. The van der Waals surface area contributed by atoms with Crippen molar-refractivity contribution < 1.29 is 18.3 Å². The minimum absolute atomic E-state index is 0.0939. The first-order chi connectivity index (χ1) is 10.6. The topological polar surface area (TPSA) is 96.4 Å². The maximum atomic E-state index is 12.4. The molecule has 0 aliphatic rings. The summed E-state index contributed by atoms with van der Waals surface area (Å²) >= 11 is 0. The van der Waals surface area contributed by atoms with Gasteiger partial charge in [0.1, 0.15) is 5.69 Å². The van der Waals surface area contributed by atoms with Crippen molar-refractivity contribution in [3.8, 4) is 11.3 Å². The van der Waals surface area contributed by atoms with E-state index in [4.69, 9.17) is 5.11 Å². The van der Waals surface area contributed by atoms with Crippen molar-refractivity contribution in [2.45, 2.75) is 31.2 Å².